The summed E-state index contributed by atoms with van der Waals surface area (Å²) >= 11 is 0. The van der Waals surface area contributed by atoms with Crippen LogP contribution in [0.25, 0.3) is 197 Å². The maximum absolute atomic E-state index is 4.67. The largest absolute Gasteiger partial charge is 0.287 e. The molecule has 23 aromatic rings. The highest BCUT2D eigenvalue weighted by Crippen LogP contribution is 2.40. The lowest BCUT2D eigenvalue weighted by molar-refractivity contribution is -0.719. The highest BCUT2D eigenvalue weighted by atomic mass is 15.2. The molecule has 0 saturated heterocycles. The minimum absolute atomic E-state index is 0. The molecule has 23 rings (SSSR count). The van der Waals surface area contributed by atoms with Crippen molar-refractivity contribution in [3.8, 4) is 56.3 Å². The van der Waals surface area contributed by atoms with E-state index in [1.165, 1.54) is 208 Å². The molecular weight excluding hydrogens is 1740 g/mol. The number of aromatic nitrogens is 9. The van der Waals surface area contributed by atoms with Crippen molar-refractivity contribution in [3.05, 3.63) is 405 Å². The van der Waals surface area contributed by atoms with Gasteiger partial charge in [-0.15, -0.1) is 0 Å². The third kappa shape index (κ3) is 25.2. The van der Waals surface area contributed by atoms with Gasteiger partial charge in [0.2, 0.25) is 17.1 Å². The average Bonchev–Trinajstić information content (AvgIpc) is 0.753. The lowest BCUT2D eigenvalue weighted by Crippen LogP contribution is -2.35. The fraction of sp³-hybridized carbons (Fsp3) is 0.231. The van der Waals surface area contributed by atoms with Gasteiger partial charge >= 0.3 is 0 Å². The molecule has 0 aliphatic heterocycles. The van der Waals surface area contributed by atoms with Crippen molar-refractivity contribution >= 4 is 140 Å². The summed E-state index contributed by atoms with van der Waals surface area (Å²) in [5, 5.41) is 39.3. The predicted molar refractivity (Wildman–Crippen MR) is 628 cm³/mol. The van der Waals surface area contributed by atoms with E-state index >= 15 is 0 Å². The molecule has 0 atom stereocenters. The smallest absolute Gasteiger partial charge is 0.232 e. The van der Waals surface area contributed by atoms with Crippen LogP contribution in [0, 0.1) is 34.6 Å². The Morgan fingerprint density at radius 3 is 0.797 bits per heavy atom. The summed E-state index contributed by atoms with van der Waals surface area (Å²) in [5.74, 6) is 0. The number of nitrogens with zero attached hydrogens (tertiary/aromatic N) is 9. The molecule has 732 valence electrons. The van der Waals surface area contributed by atoms with Crippen molar-refractivity contribution in [1.82, 2.24) is 20.2 Å². The Balaban J connectivity index is 0.000000209. The quantitative estimate of drug-likeness (QED) is 0.0978. The van der Waals surface area contributed by atoms with Crippen molar-refractivity contribution in [2.45, 2.75) is 181 Å². The van der Waals surface area contributed by atoms with E-state index in [-0.39, 0.29) is 7.43 Å². The molecule has 0 fully saturated rings. The van der Waals surface area contributed by atoms with Crippen molar-refractivity contribution in [2.24, 2.45) is 35.2 Å². The number of hydrogen-bond acceptors (Lipinski definition) is 4. The molecule has 0 N–H and O–H groups in total. The van der Waals surface area contributed by atoms with Crippen LogP contribution in [0.15, 0.2) is 377 Å². The summed E-state index contributed by atoms with van der Waals surface area (Å²) in [6.07, 6.45) is 9.90. The first-order valence-corrected chi connectivity index (χ1v) is 51.7. The number of benzene rings is 18. The molecule has 0 unspecified atom stereocenters. The zero-order valence-electron chi connectivity index (χ0n) is 90.3. The molecule has 9 nitrogen and oxygen atoms in total. The van der Waals surface area contributed by atoms with Gasteiger partial charge < -0.3 is 0 Å². The van der Waals surface area contributed by atoms with Crippen molar-refractivity contribution < 1.29 is 23.1 Å². The van der Waals surface area contributed by atoms with E-state index in [9.17, 15) is 0 Å². The summed E-state index contributed by atoms with van der Waals surface area (Å²) < 4.78 is 10.5. The molecule has 0 radical (unpaired) electrons. The van der Waals surface area contributed by atoms with Gasteiger partial charge in [0.1, 0.15) is 30.8 Å². The summed E-state index contributed by atoms with van der Waals surface area (Å²) in [5.41, 5.74) is 20.9. The van der Waals surface area contributed by atoms with E-state index in [0.29, 0.717) is 0 Å². The van der Waals surface area contributed by atoms with Gasteiger partial charge in [-0.1, -0.05) is 422 Å². The Kier molecular flexibility index (Phi) is 44.5. The molecule has 0 spiro atoms. The number of hydrogen-bond donors (Lipinski definition) is 0. The Hall–Kier alpha value is -15.2. The molecule has 0 aliphatic rings. The Morgan fingerprint density at radius 1 is 0.189 bits per heavy atom. The third-order valence-corrected chi connectivity index (χ3v) is 24.6. The Bertz CT molecular complexity index is 7720. The summed E-state index contributed by atoms with van der Waals surface area (Å²) in [4.78, 5) is 9.28. The van der Waals surface area contributed by atoms with Gasteiger partial charge in [0.05, 0.1) is 57.7 Å². The Morgan fingerprint density at radius 2 is 0.441 bits per heavy atom. The van der Waals surface area contributed by atoms with E-state index in [0.717, 1.165) is 16.7 Å². The van der Waals surface area contributed by atoms with Crippen LogP contribution in [-0.2, 0) is 35.2 Å². The number of rotatable bonds is 5. The lowest BCUT2D eigenvalue weighted by atomic mass is 9.93. The predicted octanol–water partition coefficient (Wildman–Crippen LogP) is 35.9. The molecule has 143 heavy (non-hydrogen) atoms. The Labute approximate surface area is 854 Å². The summed E-state index contributed by atoms with van der Waals surface area (Å²) in [6.45, 7) is 51.0. The fourth-order valence-electron chi connectivity index (χ4n) is 18.2. The molecule has 5 aromatic heterocycles. The first-order valence-electron chi connectivity index (χ1n) is 51.7. The van der Waals surface area contributed by atoms with Crippen LogP contribution < -0.4 is 23.1 Å². The van der Waals surface area contributed by atoms with Gasteiger partial charge in [0.25, 0.3) is 12.7 Å². The molecule has 5 heterocycles. The van der Waals surface area contributed by atoms with E-state index in [1.807, 2.05) is 187 Å². The molecule has 0 aliphatic carbocycles. The first kappa shape index (κ1) is 113. The SMILES string of the molecule is C.CC.CC.CC.CC.CC.CC.CC.CC.CC.CC.Cc1c(-c2c3c(ccc4ccccc43)cc[n+]2C)ccc2ccccc12.Cc1c(-c2c3cc4ccccc4cc3cn[n+]2C)ccc2ccccc12.Cc1c(-c2c3cc4ccccc4cc3nc[n+]2C)ccc2ccccc12.Cc1ccccc1-c1c2cc3ccccc3cc2cn[n+]1C.Cc1ccccc1-c1c2cc3ccccc3cc2nc[n+]1C. The minimum atomic E-state index is 0. The van der Waals surface area contributed by atoms with Crippen LogP contribution in [0.5, 0.6) is 0 Å². The number of pyridine rings is 1. The van der Waals surface area contributed by atoms with Crippen LogP contribution in [-0.4, -0.2) is 20.2 Å². The van der Waals surface area contributed by atoms with Crippen molar-refractivity contribution in [3.63, 3.8) is 0 Å². The van der Waals surface area contributed by atoms with Crippen LogP contribution in [0.2, 0.25) is 0 Å². The zero-order chi connectivity index (χ0) is 103. The molecule has 18 aromatic carbocycles. The van der Waals surface area contributed by atoms with E-state index in [2.05, 4.69) is 442 Å². The van der Waals surface area contributed by atoms with Gasteiger partial charge in [0.15, 0.2) is 31.3 Å². The van der Waals surface area contributed by atoms with Crippen LogP contribution in [0.4, 0.5) is 0 Å². The average molecular weight is 1890 g/mol. The minimum Gasteiger partial charge on any atom is -0.232 e. The first-order chi connectivity index (χ1) is 69.7. The standard InChI is InChI=1S/C25H20N.2C24H19N2.2C20H17N2.10C2H6.CH4/c1-17-21-9-5-3-7-18(21)13-14-22(17)25-24-20(15-16-26(25)2)12-11-19-8-4-6-10-23(19)24;1-16-21-10-6-5-7-17(21)11-12-22(16)24-23-14-19-9-4-3-8-18(19)13-20(23)15-25-26(24)2;1-16-20-10-6-5-7-17(20)11-12-21(16)24-22-13-18-8-3-4-9-19(18)14-23(22)25-15-26(24)2;1-14-7-3-6-10-18(14)20-19-12-16-9-5-4-8-15(16)11-17(19)13-21-22(20)2;1-14-7-3-6-10-17(14)20-18-11-15-8-4-5-9-16(15)12-19(18)21-13-22(20)2;10*1-2;/h3-16H,1-2H3;2*3-15H,1-2H3;2*3-13H,1-2H3;10*1-2H3;1H4/q5*+1;;;;;;;;;;;. The van der Waals surface area contributed by atoms with Crippen molar-refractivity contribution in [1.29, 1.82) is 0 Å². The van der Waals surface area contributed by atoms with Crippen LogP contribution >= 0.6 is 0 Å². The highest BCUT2D eigenvalue weighted by Gasteiger charge is 2.26. The molecule has 0 bridgehead atoms. The monoisotopic (exact) mass is 1890 g/mol. The summed E-state index contributed by atoms with van der Waals surface area (Å²) in [7, 11) is 10.3. The molecule has 0 amide bonds. The van der Waals surface area contributed by atoms with Gasteiger partial charge in [-0.3, -0.25) is 0 Å². The maximum atomic E-state index is 4.67. The fourth-order valence-corrected chi connectivity index (χ4v) is 18.2. The van der Waals surface area contributed by atoms with E-state index < -0.39 is 0 Å². The molecule has 9 heteroatoms. The van der Waals surface area contributed by atoms with Gasteiger partial charge in [0, 0.05) is 28.0 Å². The summed E-state index contributed by atoms with van der Waals surface area (Å²) in [6, 6.07) is 123. The third-order valence-electron chi connectivity index (χ3n) is 24.6. The van der Waals surface area contributed by atoms with E-state index in [1.54, 1.807) is 0 Å². The molecular formula is C134H156N9+5. The van der Waals surface area contributed by atoms with Crippen LogP contribution in [0.1, 0.15) is 174 Å². The topological polar surface area (TPSA) is 71.0 Å². The van der Waals surface area contributed by atoms with Gasteiger partial charge in [-0.25, -0.2) is 13.7 Å². The number of fused-ring (bicyclic) bond motifs is 14. The second-order valence-corrected chi connectivity index (χ2v) is 32.2. The maximum Gasteiger partial charge on any atom is 0.287 e. The lowest BCUT2D eigenvalue weighted by Gasteiger charge is -2.12. The van der Waals surface area contributed by atoms with Crippen LogP contribution in [0.3, 0.4) is 0 Å². The normalized spacial score (nSPS) is 10.1. The van der Waals surface area contributed by atoms with Crippen molar-refractivity contribution in [2.75, 3.05) is 0 Å². The molecule has 0 saturated carbocycles. The highest BCUT2D eigenvalue weighted by molar-refractivity contribution is 6.14. The second kappa shape index (κ2) is 56.3. The van der Waals surface area contributed by atoms with Gasteiger partial charge in [-0.05, 0) is 247 Å². The van der Waals surface area contributed by atoms with Gasteiger partial charge in [-0.2, -0.15) is 0 Å². The van der Waals surface area contributed by atoms with E-state index in [4.69, 9.17) is 0 Å². The number of aryl methyl sites for hydroxylation is 10. The second-order valence-electron chi connectivity index (χ2n) is 32.2. The zero-order valence-corrected chi connectivity index (χ0v) is 90.3.